The van der Waals surface area contributed by atoms with Gasteiger partial charge in [-0.3, -0.25) is 9.69 Å². The largest absolute Gasteiger partial charge is 0.492 e. The third kappa shape index (κ3) is 11.4. The van der Waals surface area contributed by atoms with Gasteiger partial charge in [0.25, 0.3) is 0 Å². The van der Waals surface area contributed by atoms with Crippen molar-refractivity contribution in [1.29, 1.82) is 0 Å². The van der Waals surface area contributed by atoms with Gasteiger partial charge in [-0.25, -0.2) is 4.79 Å². The first kappa shape index (κ1) is 38.1. The number of nitrogens with zero attached hydrogens (tertiary/aromatic N) is 2. The van der Waals surface area contributed by atoms with Crippen LogP contribution in [0.3, 0.4) is 0 Å². The molecule has 4 N–H and O–H groups in total. The molecule has 10 heteroatoms. The molecule has 2 aromatic rings. The number of fused-ring (bicyclic) bond motifs is 1. The minimum absolute atomic E-state index is 0.146. The molecule has 5 atom stereocenters. The molecular weight excluding hydrogens is 632 g/mol. The van der Waals surface area contributed by atoms with Crippen LogP contribution in [0.25, 0.3) is 0 Å². The van der Waals surface area contributed by atoms with Crippen molar-refractivity contribution >= 4 is 12.0 Å². The van der Waals surface area contributed by atoms with Crippen LogP contribution in [0.5, 0.6) is 5.75 Å². The van der Waals surface area contributed by atoms with Crippen molar-refractivity contribution in [3.05, 3.63) is 65.2 Å². The number of aliphatic hydroxyl groups is 2. The summed E-state index contributed by atoms with van der Waals surface area (Å²) in [7, 11) is 2.15. The summed E-state index contributed by atoms with van der Waals surface area (Å²) in [6.45, 7) is 11.2. The van der Waals surface area contributed by atoms with Crippen molar-refractivity contribution < 1.29 is 29.3 Å². The van der Waals surface area contributed by atoms with Crippen LogP contribution in [0.4, 0.5) is 4.79 Å². The monoisotopic (exact) mass is 692 g/mol. The number of rotatable bonds is 14. The van der Waals surface area contributed by atoms with E-state index in [1.54, 1.807) is 0 Å². The summed E-state index contributed by atoms with van der Waals surface area (Å²) >= 11 is 0. The molecule has 2 amide bonds. The molecule has 0 radical (unpaired) electrons. The first-order valence-electron chi connectivity index (χ1n) is 18.8. The van der Waals surface area contributed by atoms with Crippen LogP contribution in [-0.2, 0) is 22.4 Å². The van der Waals surface area contributed by atoms with Crippen molar-refractivity contribution in [1.82, 2.24) is 20.4 Å². The Kier molecular flexibility index (Phi) is 13.6. The van der Waals surface area contributed by atoms with Gasteiger partial charge < -0.3 is 35.2 Å². The predicted octanol–water partition coefficient (Wildman–Crippen LogP) is 4.86. The quantitative estimate of drug-likeness (QED) is 0.222. The molecule has 1 aliphatic heterocycles. The summed E-state index contributed by atoms with van der Waals surface area (Å²) in [5.41, 5.74) is 2.22. The second kappa shape index (κ2) is 17.8. The molecule has 2 fully saturated rings. The molecule has 10 nitrogen and oxygen atoms in total. The van der Waals surface area contributed by atoms with Crippen molar-refractivity contribution in [3.8, 4) is 5.75 Å². The Morgan fingerprint density at radius 2 is 1.68 bits per heavy atom. The zero-order valence-electron chi connectivity index (χ0n) is 30.6. The van der Waals surface area contributed by atoms with Crippen molar-refractivity contribution in [2.75, 3.05) is 46.4 Å². The normalized spacial score (nSPS) is 22.3. The van der Waals surface area contributed by atoms with Gasteiger partial charge >= 0.3 is 6.09 Å². The van der Waals surface area contributed by atoms with E-state index in [2.05, 4.69) is 27.5 Å². The van der Waals surface area contributed by atoms with E-state index in [-0.39, 0.29) is 12.3 Å². The molecule has 0 unspecified atom stereocenters. The molecule has 5 rings (SSSR count). The molecule has 0 spiro atoms. The van der Waals surface area contributed by atoms with Gasteiger partial charge in [-0.2, -0.15) is 0 Å². The molecule has 2 aromatic carbocycles. The summed E-state index contributed by atoms with van der Waals surface area (Å²) < 4.78 is 11.6. The lowest BCUT2D eigenvalue weighted by molar-refractivity contribution is -0.127. The van der Waals surface area contributed by atoms with E-state index in [9.17, 15) is 19.8 Å². The van der Waals surface area contributed by atoms with Gasteiger partial charge in [0, 0.05) is 45.1 Å². The van der Waals surface area contributed by atoms with Crippen molar-refractivity contribution in [2.24, 2.45) is 11.8 Å². The standard InChI is InChI=1S/C40H60N4O6/c1-40(2,3)50-39(48)41-34(25-28-10-6-5-7-11-28)35(45)27-31(38(47)42-37-33-13-9-8-12-30(33)26-36(37)46)24-29-14-16-32(17-15-29)49-23-22-44-20-18-43(4)19-21-44/h8-9,12-17,28,31,34-37,45-46H,5-7,10-11,18-27H2,1-4H3,(H,41,48)(H,42,47)/t31-,34+,35+,36-,37+/m1/s1. The molecule has 1 saturated heterocycles. The number of alkyl carbamates (subject to hydrolysis) is 1. The van der Waals surface area contributed by atoms with Crippen LogP contribution >= 0.6 is 0 Å². The van der Waals surface area contributed by atoms with E-state index in [1.165, 1.54) is 6.42 Å². The second-order valence-electron chi connectivity index (χ2n) is 15.8. The minimum Gasteiger partial charge on any atom is -0.492 e. The van der Waals surface area contributed by atoms with Crippen LogP contribution in [0.1, 0.15) is 88.4 Å². The number of amides is 2. The second-order valence-corrected chi connectivity index (χ2v) is 15.8. The third-order valence-electron chi connectivity index (χ3n) is 10.6. The molecular formula is C40H60N4O6. The van der Waals surface area contributed by atoms with Crippen LogP contribution in [0.2, 0.25) is 0 Å². The minimum atomic E-state index is -0.974. The summed E-state index contributed by atoms with van der Waals surface area (Å²) in [5, 5.41) is 28.8. The molecule has 1 heterocycles. The summed E-state index contributed by atoms with van der Waals surface area (Å²) in [6.07, 6.45) is 5.00. The first-order valence-corrected chi connectivity index (χ1v) is 18.8. The number of hydrogen-bond acceptors (Lipinski definition) is 8. The third-order valence-corrected chi connectivity index (χ3v) is 10.6. The fraction of sp³-hybridized carbons (Fsp3) is 0.650. The Hall–Kier alpha value is -3.18. The molecule has 0 aromatic heterocycles. The fourth-order valence-corrected chi connectivity index (χ4v) is 7.68. The summed E-state index contributed by atoms with van der Waals surface area (Å²) in [4.78, 5) is 31.8. The van der Waals surface area contributed by atoms with Gasteiger partial charge in [-0.05, 0) is 81.8 Å². The van der Waals surface area contributed by atoms with Gasteiger partial charge in [-0.1, -0.05) is 68.5 Å². The van der Waals surface area contributed by atoms with E-state index in [1.807, 2.05) is 69.3 Å². The van der Waals surface area contributed by atoms with Crippen LogP contribution in [0, 0.1) is 11.8 Å². The maximum absolute atomic E-state index is 14.1. The highest BCUT2D eigenvalue weighted by molar-refractivity contribution is 5.80. The molecule has 0 bridgehead atoms. The number of carbonyl (C=O) groups is 2. The Morgan fingerprint density at radius 1 is 0.980 bits per heavy atom. The first-order chi connectivity index (χ1) is 23.9. The van der Waals surface area contributed by atoms with Crippen LogP contribution < -0.4 is 15.4 Å². The molecule has 3 aliphatic rings. The van der Waals surface area contributed by atoms with Gasteiger partial charge in [0.2, 0.25) is 5.91 Å². The molecule has 2 aliphatic carbocycles. The molecule has 276 valence electrons. The highest BCUT2D eigenvalue weighted by Crippen LogP contribution is 2.33. The SMILES string of the molecule is CN1CCN(CCOc2ccc(C[C@H](C[C@H](O)[C@H](CC3CCCCC3)NC(=O)OC(C)(C)C)C(=O)N[C@H]3c4ccccc4C[C@H]3O)cc2)CC1. The molecule has 1 saturated carbocycles. The highest BCUT2D eigenvalue weighted by Gasteiger charge is 2.36. The van der Waals surface area contributed by atoms with Crippen molar-refractivity contribution in [3.63, 3.8) is 0 Å². The lowest BCUT2D eigenvalue weighted by Crippen LogP contribution is -2.48. The number of nitrogens with one attached hydrogen (secondary N) is 2. The van der Waals surface area contributed by atoms with Crippen LogP contribution in [-0.4, -0.2) is 102 Å². The van der Waals surface area contributed by atoms with Gasteiger partial charge in [0.1, 0.15) is 18.0 Å². The topological polar surface area (TPSA) is 124 Å². The Morgan fingerprint density at radius 3 is 2.38 bits per heavy atom. The van der Waals surface area contributed by atoms with Gasteiger partial charge in [-0.15, -0.1) is 0 Å². The Balaban J connectivity index is 1.28. The molecule has 50 heavy (non-hydrogen) atoms. The zero-order chi connectivity index (χ0) is 35.7. The Labute approximate surface area is 298 Å². The summed E-state index contributed by atoms with van der Waals surface area (Å²) in [5.74, 6) is 0.331. The number of piperazine rings is 1. The zero-order valence-corrected chi connectivity index (χ0v) is 30.6. The van der Waals surface area contributed by atoms with E-state index >= 15 is 0 Å². The number of benzene rings is 2. The predicted molar refractivity (Wildman–Crippen MR) is 195 cm³/mol. The van der Waals surface area contributed by atoms with E-state index in [4.69, 9.17) is 9.47 Å². The number of carbonyl (C=O) groups excluding carboxylic acids is 2. The number of hydrogen-bond donors (Lipinski definition) is 4. The maximum Gasteiger partial charge on any atom is 0.407 e. The maximum atomic E-state index is 14.1. The lowest BCUT2D eigenvalue weighted by Gasteiger charge is -2.32. The van der Waals surface area contributed by atoms with E-state index in [0.29, 0.717) is 31.8 Å². The number of likely N-dealkylation sites (N-methyl/N-ethyl adjacent to an activating group) is 1. The fourth-order valence-electron chi connectivity index (χ4n) is 7.68. The summed E-state index contributed by atoms with van der Waals surface area (Å²) in [6, 6.07) is 14.6. The average Bonchev–Trinajstić information content (AvgIpc) is 3.39. The highest BCUT2D eigenvalue weighted by atomic mass is 16.6. The smallest absolute Gasteiger partial charge is 0.407 e. The van der Waals surface area contributed by atoms with E-state index < -0.39 is 41.9 Å². The average molecular weight is 693 g/mol. The lowest BCUT2D eigenvalue weighted by atomic mass is 9.82. The van der Waals surface area contributed by atoms with Crippen LogP contribution in [0.15, 0.2) is 48.5 Å². The van der Waals surface area contributed by atoms with Gasteiger partial charge in [0.15, 0.2) is 0 Å². The number of aliphatic hydroxyl groups excluding tert-OH is 2. The number of ether oxygens (including phenoxy) is 2. The Bertz CT molecular complexity index is 1370. The van der Waals surface area contributed by atoms with Gasteiger partial charge in [0.05, 0.1) is 24.3 Å². The van der Waals surface area contributed by atoms with Crippen molar-refractivity contribution in [2.45, 2.75) is 108 Å². The van der Waals surface area contributed by atoms with E-state index in [0.717, 1.165) is 80.8 Å².